The highest BCUT2D eigenvalue weighted by Crippen LogP contribution is 2.28. The minimum atomic E-state index is -0.432. The van der Waals surface area contributed by atoms with E-state index in [0.29, 0.717) is 17.8 Å². The number of aryl methyl sites for hydroxylation is 2. The highest BCUT2D eigenvalue weighted by molar-refractivity contribution is 6.32. The molecule has 1 saturated heterocycles. The summed E-state index contributed by atoms with van der Waals surface area (Å²) in [6.45, 7) is 4.36. The molecule has 5 nitrogen and oxygen atoms in total. The van der Waals surface area contributed by atoms with Crippen molar-refractivity contribution in [2.24, 2.45) is 5.92 Å². The van der Waals surface area contributed by atoms with Gasteiger partial charge in [0, 0.05) is 24.3 Å². The third-order valence-electron chi connectivity index (χ3n) is 4.66. The van der Waals surface area contributed by atoms with Crippen LogP contribution in [-0.4, -0.2) is 18.4 Å². The van der Waals surface area contributed by atoms with Crippen LogP contribution < -0.4 is 10.2 Å². The van der Waals surface area contributed by atoms with Crippen LogP contribution in [0.4, 0.5) is 11.4 Å². The highest BCUT2D eigenvalue weighted by Gasteiger charge is 2.35. The second-order valence-corrected chi connectivity index (χ2v) is 6.88. The molecule has 132 valence electrons. The molecular weight excluding hydrogens is 350 g/mol. The highest BCUT2D eigenvalue weighted by atomic mass is 35.5. The molecule has 0 bridgehead atoms. The molecule has 1 unspecified atom stereocenters. The topological polar surface area (TPSA) is 73.2 Å². The summed E-state index contributed by atoms with van der Waals surface area (Å²) in [4.78, 5) is 26.5. The van der Waals surface area contributed by atoms with E-state index >= 15 is 0 Å². The molecule has 0 saturated carbocycles. The third kappa shape index (κ3) is 3.56. The van der Waals surface area contributed by atoms with Gasteiger partial charge in [-0.15, -0.1) is 0 Å². The van der Waals surface area contributed by atoms with Crippen molar-refractivity contribution in [2.45, 2.75) is 20.3 Å². The van der Waals surface area contributed by atoms with E-state index < -0.39 is 5.92 Å². The van der Waals surface area contributed by atoms with Gasteiger partial charge in [0.1, 0.15) is 6.07 Å². The van der Waals surface area contributed by atoms with Crippen LogP contribution in [0.1, 0.15) is 23.1 Å². The Hall–Kier alpha value is -2.84. The molecule has 1 atom stereocenters. The van der Waals surface area contributed by atoms with Crippen molar-refractivity contribution in [1.82, 2.24) is 0 Å². The number of benzene rings is 2. The van der Waals surface area contributed by atoms with E-state index in [0.717, 1.165) is 16.8 Å². The van der Waals surface area contributed by atoms with Gasteiger partial charge in [0.15, 0.2) is 0 Å². The number of nitrogens with one attached hydrogen (secondary N) is 1. The first kappa shape index (κ1) is 18.0. The molecule has 0 spiro atoms. The van der Waals surface area contributed by atoms with Crippen LogP contribution in [0.2, 0.25) is 5.02 Å². The van der Waals surface area contributed by atoms with Gasteiger partial charge in [-0.25, -0.2) is 0 Å². The molecule has 1 heterocycles. The number of carbonyl (C=O) groups is 2. The lowest BCUT2D eigenvalue weighted by molar-refractivity contribution is -0.122. The Bertz CT molecular complexity index is 933. The van der Waals surface area contributed by atoms with Gasteiger partial charge in [-0.2, -0.15) is 5.26 Å². The zero-order valence-corrected chi connectivity index (χ0v) is 15.3. The molecule has 0 aliphatic carbocycles. The number of halogens is 1. The van der Waals surface area contributed by atoms with Crippen LogP contribution in [0.25, 0.3) is 0 Å². The predicted octanol–water partition coefficient (Wildman–Crippen LogP) is 3.82. The average molecular weight is 368 g/mol. The van der Waals surface area contributed by atoms with E-state index in [1.54, 1.807) is 17.0 Å². The van der Waals surface area contributed by atoms with E-state index in [1.165, 1.54) is 6.07 Å². The van der Waals surface area contributed by atoms with Crippen molar-refractivity contribution >= 4 is 34.8 Å². The zero-order valence-electron chi connectivity index (χ0n) is 14.5. The van der Waals surface area contributed by atoms with E-state index in [4.69, 9.17) is 16.9 Å². The summed E-state index contributed by atoms with van der Waals surface area (Å²) >= 11 is 5.99. The Kier molecular flexibility index (Phi) is 4.97. The van der Waals surface area contributed by atoms with Crippen LogP contribution >= 0.6 is 11.6 Å². The lowest BCUT2D eigenvalue weighted by Crippen LogP contribution is -2.28. The van der Waals surface area contributed by atoms with E-state index in [2.05, 4.69) is 5.32 Å². The Morgan fingerprint density at radius 1 is 1.23 bits per heavy atom. The Labute approximate surface area is 157 Å². The fourth-order valence-corrected chi connectivity index (χ4v) is 3.18. The predicted molar refractivity (Wildman–Crippen MR) is 101 cm³/mol. The maximum atomic E-state index is 12.5. The van der Waals surface area contributed by atoms with Gasteiger partial charge >= 0.3 is 0 Å². The lowest BCUT2D eigenvalue weighted by Gasteiger charge is -2.18. The first-order chi connectivity index (χ1) is 12.4. The van der Waals surface area contributed by atoms with Gasteiger partial charge in [0.05, 0.1) is 16.5 Å². The van der Waals surface area contributed by atoms with Crippen LogP contribution in [0.3, 0.4) is 0 Å². The number of hydrogen-bond donors (Lipinski definition) is 1. The second-order valence-electron chi connectivity index (χ2n) is 6.47. The first-order valence-corrected chi connectivity index (χ1v) is 8.65. The van der Waals surface area contributed by atoms with Gasteiger partial charge in [0.25, 0.3) is 0 Å². The van der Waals surface area contributed by atoms with Crippen molar-refractivity contribution < 1.29 is 9.59 Å². The minimum absolute atomic E-state index is 0.0636. The molecular formula is C20H18ClN3O2. The fourth-order valence-electron chi connectivity index (χ4n) is 2.95. The number of nitrogens with zero attached hydrogens (tertiary/aromatic N) is 2. The largest absolute Gasteiger partial charge is 0.326 e. The number of carbonyl (C=O) groups excluding carboxylic acids is 2. The van der Waals surface area contributed by atoms with Crippen molar-refractivity contribution in [3.05, 3.63) is 58.1 Å². The monoisotopic (exact) mass is 367 g/mol. The third-order valence-corrected chi connectivity index (χ3v) is 4.97. The van der Waals surface area contributed by atoms with Crippen molar-refractivity contribution in [1.29, 1.82) is 5.26 Å². The number of anilines is 2. The SMILES string of the molecule is Cc1ccc(N2CC(C(=O)Nc3ccc(C#N)c(Cl)c3)CC2=O)cc1C. The standard InChI is InChI=1S/C20H18ClN3O2/c1-12-3-6-17(7-13(12)2)24-11-15(8-19(24)25)20(26)23-16-5-4-14(10-22)18(21)9-16/h3-7,9,15H,8,11H2,1-2H3,(H,23,26). The first-order valence-electron chi connectivity index (χ1n) is 8.27. The summed E-state index contributed by atoms with van der Waals surface area (Å²) in [5.41, 5.74) is 3.94. The van der Waals surface area contributed by atoms with Crippen molar-refractivity contribution in [2.75, 3.05) is 16.8 Å². The van der Waals surface area contributed by atoms with Crippen molar-refractivity contribution in [3.8, 4) is 6.07 Å². The summed E-state index contributed by atoms with van der Waals surface area (Å²) in [5, 5.41) is 12.0. The van der Waals surface area contributed by atoms with Crippen molar-refractivity contribution in [3.63, 3.8) is 0 Å². The van der Waals surface area contributed by atoms with Gasteiger partial charge in [-0.05, 0) is 55.3 Å². The average Bonchev–Trinajstić information content (AvgIpc) is 2.99. The molecule has 1 aliphatic heterocycles. The molecule has 1 N–H and O–H groups in total. The van der Waals surface area contributed by atoms with Gasteiger partial charge in [-0.1, -0.05) is 17.7 Å². The van der Waals surface area contributed by atoms with Crippen LogP contribution in [0, 0.1) is 31.1 Å². The summed E-state index contributed by atoms with van der Waals surface area (Å²) in [5.74, 6) is -0.727. The quantitative estimate of drug-likeness (QED) is 0.896. The Morgan fingerprint density at radius 2 is 2.00 bits per heavy atom. The molecule has 1 aliphatic rings. The smallest absolute Gasteiger partial charge is 0.229 e. The Morgan fingerprint density at radius 3 is 2.65 bits per heavy atom. The molecule has 2 amide bonds. The summed E-state index contributed by atoms with van der Waals surface area (Å²) in [6, 6.07) is 12.5. The van der Waals surface area contributed by atoms with E-state index in [-0.39, 0.29) is 23.3 Å². The number of rotatable bonds is 3. The molecule has 3 rings (SSSR count). The fraction of sp³-hybridized carbons (Fsp3) is 0.250. The molecule has 2 aromatic carbocycles. The van der Waals surface area contributed by atoms with E-state index in [9.17, 15) is 9.59 Å². The molecule has 0 aromatic heterocycles. The van der Waals surface area contributed by atoms with Gasteiger partial charge < -0.3 is 10.2 Å². The molecule has 6 heteroatoms. The maximum Gasteiger partial charge on any atom is 0.229 e. The lowest BCUT2D eigenvalue weighted by atomic mass is 10.1. The van der Waals surface area contributed by atoms with Gasteiger partial charge in [-0.3, -0.25) is 9.59 Å². The molecule has 26 heavy (non-hydrogen) atoms. The second kappa shape index (κ2) is 7.19. The molecule has 0 radical (unpaired) electrons. The summed E-state index contributed by atoms with van der Waals surface area (Å²) in [7, 11) is 0. The normalized spacial score (nSPS) is 16.5. The number of amides is 2. The maximum absolute atomic E-state index is 12.5. The number of nitriles is 1. The summed E-state index contributed by atoms with van der Waals surface area (Å²) < 4.78 is 0. The Balaban J connectivity index is 1.71. The molecule has 1 fully saturated rings. The summed E-state index contributed by atoms with van der Waals surface area (Å²) in [6.07, 6.45) is 0.169. The zero-order chi connectivity index (χ0) is 18.8. The number of hydrogen-bond acceptors (Lipinski definition) is 3. The van der Waals surface area contributed by atoms with E-state index in [1.807, 2.05) is 38.1 Å². The molecule has 2 aromatic rings. The minimum Gasteiger partial charge on any atom is -0.326 e. The van der Waals surface area contributed by atoms with Crippen LogP contribution in [-0.2, 0) is 9.59 Å². The van der Waals surface area contributed by atoms with Gasteiger partial charge in [0.2, 0.25) is 11.8 Å². The van der Waals surface area contributed by atoms with Crippen LogP contribution in [0.5, 0.6) is 0 Å². The van der Waals surface area contributed by atoms with Crippen LogP contribution in [0.15, 0.2) is 36.4 Å².